The topological polar surface area (TPSA) is 41.6 Å². The van der Waals surface area contributed by atoms with Gasteiger partial charge in [0.15, 0.2) is 11.6 Å². The van der Waals surface area contributed by atoms with Crippen LogP contribution in [-0.4, -0.2) is 31.6 Å². The molecule has 1 N–H and O–H groups in total. The lowest BCUT2D eigenvalue weighted by molar-refractivity contribution is 0.209. The smallest absolute Gasteiger partial charge is 0.317 e. The highest BCUT2D eigenvalue weighted by Crippen LogP contribution is 2.18. The van der Waals surface area contributed by atoms with Gasteiger partial charge >= 0.3 is 6.03 Å². The Bertz CT molecular complexity index is 396. The molecule has 0 aliphatic heterocycles. The molecule has 0 saturated heterocycles. The Balaban J connectivity index is 2.73. The van der Waals surface area contributed by atoms with Gasteiger partial charge in [-0.05, 0) is 24.6 Å². The second-order valence-electron chi connectivity index (χ2n) is 3.61. The summed E-state index contributed by atoms with van der Waals surface area (Å²) in [6, 6.07) is 4.49. The van der Waals surface area contributed by atoms with Crippen LogP contribution in [0.4, 0.5) is 9.18 Å². The number of nitrogens with zero attached hydrogens (tertiary/aromatic N) is 1. The van der Waals surface area contributed by atoms with Gasteiger partial charge in [0.25, 0.3) is 0 Å². The first-order valence-corrected chi connectivity index (χ1v) is 5.42. The van der Waals surface area contributed by atoms with Crippen LogP contribution in [0, 0.1) is 5.82 Å². The molecule has 0 aliphatic rings. The zero-order chi connectivity index (χ0) is 12.8. The maximum absolute atomic E-state index is 13.5. The number of carbonyl (C=O) groups is 1. The molecule has 5 heteroatoms. The van der Waals surface area contributed by atoms with E-state index in [0.717, 1.165) is 5.56 Å². The maximum Gasteiger partial charge on any atom is 0.317 e. The minimum atomic E-state index is -0.408. The van der Waals surface area contributed by atoms with E-state index in [9.17, 15) is 9.18 Å². The summed E-state index contributed by atoms with van der Waals surface area (Å²) in [5.41, 5.74) is 0.719. The first-order valence-electron chi connectivity index (χ1n) is 5.42. The lowest BCUT2D eigenvalue weighted by Gasteiger charge is -2.16. The molecule has 1 aromatic carbocycles. The Morgan fingerprint density at radius 3 is 2.76 bits per heavy atom. The largest absolute Gasteiger partial charge is 0.491 e. The van der Waals surface area contributed by atoms with Crippen molar-refractivity contribution in [1.82, 2.24) is 10.2 Å². The fourth-order valence-corrected chi connectivity index (χ4v) is 1.45. The summed E-state index contributed by atoms with van der Waals surface area (Å²) in [7, 11) is 3.20. The highest BCUT2D eigenvalue weighted by Gasteiger charge is 2.09. The van der Waals surface area contributed by atoms with E-state index in [1.165, 1.54) is 11.0 Å². The zero-order valence-corrected chi connectivity index (χ0v) is 10.3. The van der Waals surface area contributed by atoms with Crippen molar-refractivity contribution in [2.75, 3.05) is 20.7 Å². The van der Waals surface area contributed by atoms with Crippen molar-refractivity contribution in [2.24, 2.45) is 0 Å². The van der Waals surface area contributed by atoms with Crippen LogP contribution < -0.4 is 10.1 Å². The lowest BCUT2D eigenvalue weighted by Crippen LogP contribution is -2.34. The number of benzene rings is 1. The van der Waals surface area contributed by atoms with E-state index in [4.69, 9.17) is 4.74 Å². The number of hydrogen-bond acceptors (Lipinski definition) is 2. The summed E-state index contributed by atoms with van der Waals surface area (Å²) in [5, 5.41) is 2.50. The molecule has 1 aromatic rings. The first-order chi connectivity index (χ1) is 8.08. The fraction of sp³-hybridized carbons (Fsp3) is 0.417. The van der Waals surface area contributed by atoms with E-state index in [0.29, 0.717) is 13.2 Å². The summed E-state index contributed by atoms with van der Waals surface area (Å²) in [6.45, 7) is 2.57. The standard InChI is InChI=1S/C12H17FN2O2/c1-4-17-11-6-5-9(7-10(11)13)8-15(3)12(16)14-2/h5-7H,4,8H2,1-3H3,(H,14,16). The van der Waals surface area contributed by atoms with E-state index in [-0.39, 0.29) is 11.8 Å². The lowest BCUT2D eigenvalue weighted by atomic mass is 10.2. The number of rotatable bonds is 4. The van der Waals surface area contributed by atoms with Gasteiger partial charge in [-0.2, -0.15) is 0 Å². The zero-order valence-electron chi connectivity index (χ0n) is 10.3. The molecule has 1 rings (SSSR count). The third-order valence-electron chi connectivity index (χ3n) is 2.28. The number of carbonyl (C=O) groups excluding carboxylic acids is 1. The van der Waals surface area contributed by atoms with Crippen molar-refractivity contribution in [2.45, 2.75) is 13.5 Å². The highest BCUT2D eigenvalue weighted by molar-refractivity contribution is 5.73. The molecule has 0 radical (unpaired) electrons. The molecule has 0 aromatic heterocycles. The van der Waals surface area contributed by atoms with Crippen molar-refractivity contribution in [3.05, 3.63) is 29.6 Å². The Kier molecular flexibility index (Phi) is 4.75. The first kappa shape index (κ1) is 13.3. The summed E-state index contributed by atoms with van der Waals surface area (Å²) in [4.78, 5) is 12.7. The number of nitrogens with one attached hydrogen (secondary N) is 1. The maximum atomic E-state index is 13.5. The van der Waals surface area contributed by atoms with E-state index >= 15 is 0 Å². The van der Waals surface area contributed by atoms with Gasteiger partial charge < -0.3 is 15.0 Å². The van der Waals surface area contributed by atoms with Crippen LogP contribution >= 0.6 is 0 Å². The highest BCUT2D eigenvalue weighted by atomic mass is 19.1. The van der Waals surface area contributed by atoms with Crippen molar-refractivity contribution < 1.29 is 13.9 Å². The van der Waals surface area contributed by atoms with Crippen molar-refractivity contribution >= 4 is 6.03 Å². The third-order valence-corrected chi connectivity index (χ3v) is 2.28. The second-order valence-corrected chi connectivity index (χ2v) is 3.61. The summed E-state index contributed by atoms with van der Waals surface area (Å²) < 4.78 is 18.6. The van der Waals surface area contributed by atoms with Crippen LogP contribution in [0.2, 0.25) is 0 Å². The molecule has 94 valence electrons. The van der Waals surface area contributed by atoms with Gasteiger partial charge in [-0.1, -0.05) is 6.07 Å². The fourth-order valence-electron chi connectivity index (χ4n) is 1.45. The number of hydrogen-bond donors (Lipinski definition) is 1. The van der Waals surface area contributed by atoms with Crippen molar-refractivity contribution in [3.8, 4) is 5.75 Å². The molecule has 0 heterocycles. The molecule has 0 saturated carbocycles. The molecule has 0 atom stereocenters. The normalized spacial score (nSPS) is 9.88. The molecular weight excluding hydrogens is 223 g/mol. The number of halogens is 1. The van der Waals surface area contributed by atoms with E-state index in [2.05, 4.69) is 5.32 Å². The summed E-state index contributed by atoms with van der Waals surface area (Å²) in [6.07, 6.45) is 0. The van der Waals surface area contributed by atoms with Crippen LogP contribution in [-0.2, 0) is 6.54 Å². The van der Waals surface area contributed by atoms with Crippen LogP contribution in [0.25, 0.3) is 0 Å². The molecule has 0 spiro atoms. The van der Waals surface area contributed by atoms with Crippen LogP contribution in [0.5, 0.6) is 5.75 Å². The van der Waals surface area contributed by atoms with Gasteiger partial charge in [0.05, 0.1) is 6.61 Å². The summed E-state index contributed by atoms with van der Waals surface area (Å²) in [5.74, 6) is -0.173. The monoisotopic (exact) mass is 240 g/mol. The van der Waals surface area contributed by atoms with Crippen LogP contribution in [0.1, 0.15) is 12.5 Å². The van der Waals surface area contributed by atoms with Gasteiger partial charge in [0, 0.05) is 20.6 Å². The van der Waals surface area contributed by atoms with E-state index < -0.39 is 5.82 Å². The number of urea groups is 1. The SMILES string of the molecule is CCOc1ccc(CN(C)C(=O)NC)cc1F. The Hall–Kier alpha value is -1.78. The van der Waals surface area contributed by atoms with Gasteiger partial charge in [0.2, 0.25) is 0 Å². The Morgan fingerprint density at radius 1 is 1.53 bits per heavy atom. The average Bonchev–Trinajstić information content (AvgIpc) is 2.31. The molecule has 2 amide bonds. The average molecular weight is 240 g/mol. The van der Waals surface area contributed by atoms with Crippen molar-refractivity contribution in [1.29, 1.82) is 0 Å². The quantitative estimate of drug-likeness (QED) is 0.874. The van der Waals surface area contributed by atoms with Gasteiger partial charge in [-0.3, -0.25) is 0 Å². The predicted molar refractivity (Wildman–Crippen MR) is 63.5 cm³/mol. The van der Waals surface area contributed by atoms with Gasteiger partial charge in [-0.25, -0.2) is 9.18 Å². The van der Waals surface area contributed by atoms with Crippen molar-refractivity contribution in [3.63, 3.8) is 0 Å². The van der Waals surface area contributed by atoms with Crippen LogP contribution in [0.3, 0.4) is 0 Å². The predicted octanol–water partition coefficient (Wildman–Crippen LogP) is 2.00. The molecule has 0 fully saturated rings. The van der Waals surface area contributed by atoms with Gasteiger partial charge in [-0.15, -0.1) is 0 Å². The minimum Gasteiger partial charge on any atom is -0.491 e. The molecule has 0 unspecified atom stereocenters. The second kappa shape index (κ2) is 6.08. The Labute approximate surface area is 100 Å². The Morgan fingerprint density at radius 2 is 2.24 bits per heavy atom. The number of ether oxygens (including phenoxy) is 1. The van der Waals surface area contributed by atoms with Gasteiger partial charge in [0.1, 0.15) is 0 Å². The molecule has 17 heavy (non-hydrogen) atoms. The molecule has 0 bridgehead atoms. The number of amides is 2. The molecule has 4 nitrogen and oxygen atoms in total. The third kappa shape index (κ3) is 3.62. The van der Waals surface area contributed by atoms with Crippen LogP contribution in [0.15, 0.2) is 18.2 Å². The minimum absolute atomic E-state index is 0.209. The molecular formula is C12H17FN2O2. The molecule has 0 aliphatic carbocycles. The van der Waals surface area contributed by atoms with E-state index in [1.54, 1.807) is 33.2 Å². The summed E-state index contributed by atoms with van der Waals surface area (Å²) >= 11 is 0. The van der Waals surface area contributed by atoms with E-state index in [1.807, 2.05) is 0 Å².